The van der Waals surface area contributed by atoms with E-state index in [2.05, 4.69) is 20.0 Å². The standard InChI is InChI=1S/C12H21NO/c1-5-8-12(2)10(9-13(3)4)6-7-11(12)14/h9H,5-8H2,1-4H3. The predicted molar refractivity (Wildman–Crippen MR) is 59.0 cm³/mol. The SMILES string of the molecule is CCCC1(C)C(=O)CCC1=CN(C)C. The summed E-state index contributed by atoms with van der Waals surface area (Å²) in [5.41, 5.74) is 1.15. The van der Waals surface area contributed by atoms with Crippen LogP contribution >= 0.6 is 0 Å². The Morgan fingerprint density at radius 2 is 2.07 bits per heavy atom. The van der Waals surface area contributed by atoms with Crippen molar-refractivity contribution in [3.8, 4) is 0 Å². The highest BCUT2D eigenvalue weighted by molar-refractivity contribution is 5.90. The molecule has 0 saturated heterocycles. The van der Waals surface area contributed by atoms with Crippen molar-refractivity contribution in [3.05, 3.63) is 11.8 Å². The van der Waals surface area contributed by atoms with Gasteiger partial charge in [-0.05, 0) is 31.5 Å². The van der Waals surface area contributed by atoms with Gasteiger partial charge in [0.25, 0.3) is 0 Å². The largest absolute Gasteiger partial charge is 0.383 e. The monoisotopic (exact) mass is 195 g/mol. The molecular weight excluding hydrogens is 174 g/mol. The molecule has 0 bridgehead atoms. The zero-order valence-corrected chi connectivity index (χ0v) is 9.76. The Balaban J connectivity index is 2.91. The molecule has 1 aliphatic rings. The molecule has 0 aromatic heterocycles. The van der Waals surface area contributed by atoms with Crippen molar-refractivity contribution in [2.45, 2.75) is 39.5 Å². The highest BCUT2D eigenvalue weighted by atomic mass is 16.1. The van der Waals surface area contributed by atoms with Crippen molar-refractivity contribution >= 4 is 5.78 Å². The van der Waals surface area contributed by atoms with Gasteiger partial charge in [0.1, 0.15) is 5.78 Å². The molecule has 0 aromatic carbocycles. The molecule has 2 heteroatoms. The van der Waals surface area contributed by atoms with Crippen LogP contribution in [0.3, 0.4) is 0 Å². The summed E-state index contributed by atoms with van der Waals surface area (Å²) in [4.78, 5) is 13.9. The maximum atomic E-state index is 11.8. The second kappa shape index (κ2) is 4.16. The molecule has 2 nitrogen and oxygen atoms in total. The second-order valence-electron chi connectivity index (χ2n) is 4.62. The van der Waals surface area contributed by atoms with E-state index in [0.29, 0.717) is 5.78 Å². The minimum absolute atomic E-state index is 0.168. The average molecular weight is 195 g/mol. The smallest absolute Gasteiger partial charge is 0.143 e. The molecule has 0 N–H and O–H groups in total. The predicted octanol–water partition coefficient (Wildman–Crippen LogP) is 2.60. The quantitative estimate of drug-likeness (QED) is 0.690. The van der Waals surface area contributed by atoms with Gasteiger partial charge in [0.2, 0.25) is 0 Å². The fourth-order valence-corrected chi connectivity index (χ4v) is 2.30. The van der Waals surface area contributed by atoms with Crippen molar-refractivity contribution in [1.29, 1.82) is 0 Å². The molecular formula is C12H21NO. The molecule has 0 spiro atoms. The number of rotatable bonds is 3. The summed E-state index contributed by atoms with van der Waals surface area (Å²) in [7, 11) is 4.03. The van der Waals surface area contributed by atoms with E-state index in [-0.39, 0.29) is 5.41 Å². The first-order valence-electron chi connectivity index (χ1n) is 5.41. The Kier molecular flexibility index (Phi) is 3.35. The van der Waals surface area contributed by atoms with Crippen molar-refractivity contribution < 1.29 is 4.79 Å². The van der Waals surface area contributed by atoms with Crippen LogP contribution in [0.25, 0.3) is 0 Å². The van der Waals surface area contributed by atoms with E-state index in [4.69, 9.17) is 0 Å². The lowest BCUT2D eigenvalue weighted by Gasteiger charge is -2.25. The third kappa shape index (κ3) is 1.99. The van der Waals surface area contributed by atoms with E-state index >= 15 is 0 Å². The van der Waals surface area contributed by atoms with Crippen LogP contribution in [0.1, 0.15) is 39.5 Å². The van der Waals surface area contributed by atoms with Crippen LogP contribution in [0.5, 0.6) is 0 Å². The van der Waals surface area contributed by atoms with Gasteiger partial charge in [-0.3, -0.25) is 4.79 Å². The van der Waals surface area contributed by atoms with Gasteiger partial charge in [-0.2, -0.15) is 0 Å². The lowest BCUT2D eigenvalue weighted by molar-refractivity contribution is -0.124. The van der Waals surface area contributed by atoms with Crippen molar-refractivity contribution in [2.75, 3.05) is 14.1 Å². The van der Waals surface area contributed by atoms with Crippen molar-refractivity contribution in [3.63, 3.8) is 0 Å². The summed E-state index contributed by atoms with van der Waals surface area (Å²) < 4.78 is 0. The Labute approximate surface area is 87.0 Å². The number of hydrogen-bond acceptors (Lipinski definition) is 2. The van der Waals surface area contributed by atoms with Crippen molar-refractivity contribution in [1.82, 2.24) is 4.90 Å². The fraction of sp³-hybridized carbons (Fsp3) is 0.750. The molecule has 0 heterocycles. The normalized spacial score (nSPS) is 30.0. The molecule has 1 fully saturated rings. The van der Waals surface area contributed by atoms with Crippen LogP contribution in [0.4, 0.5) is 0 Å². The van der Waals surface area contributed by atoms with Gasteiger partial charge in [-0.1, -0.05) is 13.3 Å². The summed E-state index contributed by atoms with van der Waals surface area (Å²) in [6, 6.07) is 0. The summed E-state index contributed by atoms with van der Waals surface area (Å²) in [5.74, 6) is 0.424. The van der Waals surface area contributed by atoms with E-state index in [1.54, 1.807) is 0 Å². The maximum Gasteiger partial charge on any atom is 0.143 e. The third-order valence-electron chi connectivity index (χ3n) is 3.11. The van der Waals surface area contributed by atoms with Gasteiger partial charge < -0.3 is 4.90 Å². The number of ketones is 1. The molecule has 1 saturated carbocycles. The first-order chi connectivity index (χ1) is 6.50. The van der Waals surface area contributed by atoms with E-state index in [1.807, 2.05) is 19.0 Å². The zero-order valence-electron chi connectivity index (χ0n) is 9.76. The fourth-order valence-electron chi connectivity index (χ4n) is 2.30. The topological polar surface area (TPSA) is 20.3 Å². The van der Waals surface area contributed by atoms with Gasteiger partial charge >= 0.3 is 0 Å². The Hall–Kier alpha value is -0.790. The number of hydrogen-bond donors (Lipinski definition) is 0. The van der Waals surface area contributed by atoms with Gasteiger partial charge in [-0.25, -0.2) is 0 Å². The molecule has 1 aliphatic carbocycles. The van der Waals surface area contributed by atoms with Gasteiger partial charge in [-0.15, -0.1) is 0 Å². The Morgan fingerprint density at radius 1 is 1.43 bits per heavy atom. The number of Topliss-reactive ketones (excluding diaryl/α,β-unsaturated/α-hetero) is 1. The number of allylic oxidation sites excluding steroid dienone is 1. The lowest BCUT2D eigenvalue weighted by atomic mass is 9.80. The number of carbonyl (C=O) groups excluding carboxylic acids is 1. The van der Waals surface area contributed by atoms with Gasteiger partial charge in [0, 0.05) is 25.9 Å². The van der Waals surface area contributed by atoms with Crippen LogP contribution in [0.2, 0.25) is 0 Å². The maximum absolute atomic E-state index is 11.8. The molecule has 1 atom stereocenters. The summed E-state index contributed by atoms with van der Waals surface area (Å²) in [6.45, 7) is 4.24. The molecule has 0 aliphatic heterocycles. The molecule has 0 radical (unpaired) electrons. The van der Waals surface area contributed by atoms with E-state index in [9.17, 15) is 4.79 Å². The van der Waals surface area contributed by atoms with Crippen LogP contribution in [-0.2, 0) is 4.79 Å². The summed E-state index contributed by atoms with van der Waals surface area (Å²) in [6.07, 6.45) is 5.88. The number of nitrogens with zero attached hydrogens (tertiary/aromatic N) is 1. The summed E-state index contributed by atoms with van der Waals surface area (Å²) in [5, 5.41) is 0. The van der Waals surface area contributed by atoms with Gasteiger partial charge in [0.05, 0.1) is 0 Å². The van der Waals surface area contributed by atoms with Crippen molar-refractivity contribution in [2.24, 2.45) is 5.41 Å². The van der Waals surface area contributed by atoms with Crippen LogP contribution in [-0.4, -0.2) is 24.8 Å². The first-order valence-corrected chi connectivity index (χ1v) is 5.41. The van der Waals surface area contributed by atoms with Crippen LogP contribution < -0.4 is 0 Å². The molecule has 80 valence electrons. The van der Waals surface area contributed by atoms with Crippen LogP contribution in [0.15, 0.2) is 11.8 Å². The highest BCUT2D eigenvalue weighted by Gasteiger charge is 2.40. The Bertz CT molecular complexity index is 255. The molecule has 1 unspecified atom stereocenters. The lowest BCUT2D eigenvalue weighted by Crippen LogP contribution is -2.24. The third-order valence-corrected chi connectivity index (χ3v) is 3.11. The first kappa shape index (κ1) is 11.3. The summed E-state index contributed by atoms with van der Waals surface area (Å²) >= 11 is 0. The molecule has 0 aromatic rings. The molecule has 0 amide bonds. The zero-order chi connectivity index (χ0) is 10.8. The van der Waals surface area contributed by atoms with Gasteiger partial charge in [0.15, 0.2) is 0 Å². The minimum atomic E-state index is -0.168. The molecule has 1 rings (SSSR count). The Morgan fingerprint density at radius 3 is 2.57 bits per heavy atom. The average Bonchev–Trinajstić information content (AvgIpc) is 2.33. The molecule has 14 heavy (non-hydrogen) atoms. The van der Waals surface area contributed by atoms with E-state index in [1.165, 1.54) is 5.57 Å². The van der Waals surface area contributed by atoms with E-state index < -0.39 is 0 Å². The minimum Gasteiger partial charge on any atom is -0.383 e. The van der Waals surface area contributed by atoms with E-state index in [0.717, 1.165) is 25.7 Å². The number of carbonyl (C=O) groups is 1. The second-order valence-corrected chi connectivity index (χ2v) is 4.62. The highest BCUT2D eigenvalue weighted by Crippen LogP contribution is 2.43. The van der Waals surface area contributed by atoms with Crippen LogP contribution in [0, 0.1) is 5.41 Å².